The summed E-state index contributed by atoms with van der Waals surface area (Å²) < 4.78 is 13.4. The molecule has 3 heterocycles. The number of hydrogen-bond acceptors (Lipinski definition) is 6. The molecule has 8 heteroatoms. The van der Waals surface area contributed by atoms with E-state index in [1.165, 1.54) is 22.7 Å². The SMILES string of the molecule is COc1ccc2nc(OC3CCN(C(=O)c4ccc(Br)s4)CC3)sc2c1. The molecule has 0 N–H and O–H groups in total. The Kier molecular flexibility index (Phi) is 5.15. The van der Waals surface area contributed by atoms with Crippen LogP contribution in [0.1, 0.15) is 22.5 Å². The van der Waals surface area contributed by atoms with Crippen molar-refractivity contribution in [3.05, 3.63) is 39.0 Å². The molecular formula is C18H17BrN2O3S2. The van der Waals surface area contributed by atoms with Crippen LogP contribution in [0.15, 0.2) is 34.1 Å². The van der Waals surface area contributed by atoms with Gasteiger partial charge in [-0.2, -0.15) is 0 Å². The van der Waals surface area contributed by atoms with Crippen molar-refractivity contribution < 1.29 is 14.3 Å². The molecule has 136 valence electrons. The Morgan fingerprint density at radius 2 is 2.04 bits per heavy atom. The maximum atomic E-state index is 12.5. The van der Waals surface area contributed by atoms with Crippen LogP contribution in [-0.4, -0.2) is 42.1 Å². The lowest BCUT2D eigenvalue weighted by molar-refractivity contribution is 0.0600. The Bertz CT molecular complexity index is 932. The lowest BCUT2D eigenvalue weighted by Gasteiger charge is -2.31. The number of aromatic nitrogens is 1. The van der Waals surface area contributed by atoms with Crippen LogP contribution in [0.3, 0.4) is 0 Å². The highest BCUT2D eigenvalue weighted by atomic mass is 79.9. The molecule has 1 amide bonds. The van der Waals surface area contributed by atoms with Gasteiger partial charge in [0, 0.05) is 25.9 Å². The van der Waals surface area contributed by atoms with Gasteiger partial charge in [0.15, 0.2) is 0 Å². The number of fused-ring (bicyclic) bond motifs is 1. The summed E-state index contributed by atoms with van der Waals surface area (Å²) >= 11 is 6.41. The largest absolute Gasteiger partial charge is 0.497 e. The number of piperidine rings is 1. The van der Waals surface area contributed by atoms with E-state index in [1.807, 2.05) is 35.2 Å². The molecule has 26 heavy (non-hydrogen) atoms. The highest BCUT2D eigenvalue weighted by molar-refractivity contribution is 9.11. The predicted molar refractivity (Wildman–Crippen MR) is 108 cm³/mol. The maximum Gasteiger partial charge on any atom is 0.274 e. The first kappa shape index (κ1) is 17.8. The Morgan fingerprint density at radius 3 is 2.73 bits per heavy atom. The summed E-state index contributed by atoms with van der Waals surface area (Å²) in [6, 6.07) is 9.60. The zero-order chi connectivity index (χ0) is 18.1. The van der Waals surface area contributed by atoms with Gasteiger partial charge in [-0.3, -0.25) is 4.79 Å². The molecule has 1 saturated heterocycles. The third-order valence-corrected chi connectivity index (χ3v) is 6.88. The molecule has 1 aliphatic rings. The van der Waals surface area contributed by atoms with E-state index in [9.17, 15) is 4.79 Å². The molecule has 1 aromatic carbocycles. The van der Waals surface area contributed by atoms with Crippen LogP contribution in [0, 0.1) is 0 Å². The molecule has 1 fully saturated rings. The van der Waals surface area contributed by atoms with E-state index in [0.29, 0.717) is 18.3 Å². The van der Waals surface area contributed by atoms with E-state index in [1.54, 1.807) is 7.11 Å². The number of thiazole rings is 1. The fourth-order valence-corrected chi connectivity index (χ4v) is 5.23. The zero-order valence-electron chi connectivity index (χ0n) is 14.1. The van der Waals surface area contributed by atoms with E-state index < -0.39 is 0 Å². The van der Waals surface area contributed by atoms with Gasteiger partial charge in [0.25, 0.3) is 11.1 Å². The van der Waals surface area contributed by atoms with Crippen molar-refractivity contribution in [1.82, 2.24) is 9.88 Å². The third-order valence-electron chi connectivity index (χ3n) is 4.36. The van der Waals surface area contributed by atoms with Crippen molar-refractivity contribution in [2.24, 2.45) is 0 Å². The van der Waals surface area contributed by atoms with Gasteiger partial charge < -0.3 is 14.4 Å². The molecule has 0 atom stereocenters. The van der Waals surface area contributed by atoms with Gasteiger partial charge in [-0.1, -0.05) is 11.3 Å². The van der Waals surface area contributed by atoms with Gasteiger partial charge in [0.2, 0.25) is 0 Å². The number of halogens is 1. The molecule has 0 saturated carbocycles. The first-order valence-corrected chi connectivity index (χ1v) is 10.7. The fraction of sp³-hybridized carbons (Fsp3) is 0.333. The molecule has 0 unspecified atom stereocenters. The number of hydrogen-bond donors (Lipinski definition) is 0. The van der Waals surface area contributed by atoms with Crippen LogP contribution in [0.2, 0.25) is 0 Å². The second kappa shape index (κ2) is 7.54. The summed E-state index contributed by atoms with van der Waals surface area (Å²) in [7, 11) is 1.66. The minimum atomic E-state index is 0.0941. The van der Waals surface area contributed by atoms with Gasteiger partial charge in [0.1, 0.15) is 11.9 Å². The van der Waals surface area contributed by atoms with E-state index in [-0.39, 0.29) is 12.0 Å². The number of amides is 1. The number of methoxy groups -OCH3 is 1. The molecule has 0 radical (unpaired) electrons. The summed E-state index contributed by atoms with van der Waals surface area (Å²) in [6.07, 6.45) is 1.73. The van der Waals surface area contributed by atoms with Crippen LogP contribution in [0.5, 0.6) is 10.9 Å². The number of rotatable bonds is 4. The summed E-state index contributed by atoms with van der Waals surface area (Å²) in [5.74, 6) is 0.922. The number of carbonyl (C=O) groups excluding carboxylic acids is 1. The summed E-state index contributed by atoms with van der Waals surface area (Å²) in [6.45, 7) is 1.41. The Labute approximate surface area is 167 Å². The van der Waals surface area contributed by atoms with E-state index >= 15 is 0 Å². The number of thiophene rings is 1. The predicted octanol–water partition coefficient (Wildman–Crippen LogP) is 4.81. The molecule has 1 aliphatic heterocycles. The van der Waals surface area contributed by atoms with Crippen LogP contribution in [0.25, 0.3) is 10.2 Å². The van der Waals surface area contributed by atoms with Gasteiger partial charge in [-0.05, 0) is 46.3 Å². The Balaban J connectivity index is 1.37. The quantitative estimate of drug-likeness (QED) is 0.569. The van der Waals surface area contributed by atoms with Crippen molar-refractivity contribution in [3.8, 4) is 10.9 Å². The fourth-order valence-electron chi connectivity index (χ4n) is 2.97. The number of likely N-dealkylation sites (tertiary alicyclic amines) is 1. The second-order valence-electron chi connectivity index (χ2n) is 6.03. The van der Waals surface area contributed by atoms with Crippen LogP contribution >= 0.6 is 38.6 Å². The van der Waals surface area contributed by atoms with Gasteiger partial charge in [0.05, 0.1) is 26.0 Å². The molecular weight excluding hydrogens is 436 g/mol. The minimum Gasteiger partial charge on any atom is -0.497 e. The van der Waals surface area contributed by atoms with Crippen LogP contribution in [0.4, 0.5) is 0 Å². The summed E-state index contributed by atoms with van der Waals surface area (Å²) in [5.41, 5.74) is 0.918. The minimum absolute atomic E-state index is 0.0941. The average Bonchev–Trinajstić information content (AvgIpc) is 3.26. The Hall–Kier alpha value is -1.64. The number of carbonyl (C=O) groups is 1. The first-order chi connectivity index (χ1) is 12.6. The van der Waals surface area contributed by atoms with E-state index in [2.05, 4.69) is 20.9 Å². The average molecular weight is 453 g/mol. The Morgan fingerprint density at radius 1 is 1.23 bits per heavy atom. The van der Waals surface area contributed by atoms with Gasteiger partial charge in [-0.25, -0.2) is 4.98 Å². The molecule has 2 aromatic heterocycles. The highest BCUT2D eigenvalue weighted by Gasteiger charge is 2.26. The van der Waals surface area contributed by atoms with Crippen molar-refractivity contribution in [2.45, 2.75) is 18.9 Å². The van der Waals surface area contributed by atoms with Gasteiger partial charge >= 0.3 is 0 Å². The standard InChI is InChI=1S/C18H17BrN2O3S2/c1-23-12-2-3-13-15(10-12)26-18(20-13)24-11-6-8-21(9-7-11)17(22)14-4-5-16(19)25-14/h2-5,10-11H,6-9H2,1H3. The topological polar surface area (TPSA) is 51.7 Å². The van der Waals surface area contributed by atoms with Crippen molar-refractivity contribution in [3.63, 3.8) is 0 Å². The highest BCUT2D eigenvalue weighted by Crippen LogP contribution is 2.32. The number of benzene rings is 1. The monoisotopic (exact) mass is 452 g/mol. The van der Waals surface area contributed by atoms with E-state index in [4.69, 9.17) is 9.47 Å². The van der Waals surface area contributed by atoms with Gasteiger partial charge in [-0.15, -0.1) is 11.3 Å². The lowest BCUT2D eigenvalue weighted by atomic mass is 10.1. The molecule has 0 spiro atoms. The molecule has 0 aliphatic carbocycles. The zero-order valence-corrected chi connectivity index (χ0v) is 17.3. The second-order valence-corrected chi connectivity index (χ2v) is 9.48. The van der Waals surface area contributed by atoms with Crippen LogP contribution < -0.4 is 9.47 Å². The summed E-state index contributed by atoms with van der Waals surface area (Å²) in [4.78, 5) is 19.7. The molecule has 3 aromatic rings. The van der Waals surface area contributed by atoms with Crippen molar-refractivity contribution >= 4 is 54.7 Å². The molecule has 5 nitrogen and oxygen atoms in total. The van der Waals surface area contributed by atoms with E-state index in [0.717, 1.165) is 37.5 Å². The maximum absolute atomic E-state index is 12.5. The number of ether oxygens (including phenoxy) is 2. The lowest BCUT2D eigenvalue weighted by Crippen LogP contribution is -2.41. The van der Waals surface area contributed by atoms with Crippen molar-refractivity contribution in [1.29, 1.82) is 0 Å². The normalized spacial score (nSPS) is 15.4. The first-order valence-electron chi connectivity index (χ1n) is 8.28. The van der Waals surface area contributed by atoms with Crippen LogP contribution in [-0.2, 0) is 0 Å². The molecule has 0 bridgehead atoms. The molecule has 4 rings (SSSR count). The number of nitrogens with zero attached hydrogens (tertiary/aromatic N) is 2. The third kappa shape index (κ3) is 3.72. The van der Waals surface area contributed by atoms with Crippen molar-refractivity contribution in [2.75, 3.05) is 20.2 Å². The summed E-state index contributed by atoms with van der Waals surface area (Å²) in [5, 5.41) is 0.681. The smallest absolute Gasteiger partial charge is 0.274 e.